The van der Waals surface area contributed by atoms with Crippen molar-refractivity contribution in [2.24, 2.45) is 0 Å². The smallest absolute Gasteiger partial charge is 0.420 e. The van der Waals surface area contributed by atoms with Crippen LogP contribution in [-0.4, -0.2) is 78.9 Å². The van der Waals surface area contributed by atoms with E-state index in [2.05, 4.69) is 4.98 Å². The largest absolute Gasteiger partial charge is 0.465 e. The summed E-state index contributed by atoms with van der Waals surface area (Å²) in [5, 5.41) is -0.451. The van der Waals surface area contributed by atoms with Gasteiger partial charge in [-0.25, -0.2) is 23.9 Å². The van der Waals surface area contributed by atoms with Crippen molar-refractivity contribution in [3.8, 4) is 0 Å². The average Bonchev–Trinajstić information content (AvgIpc) is 2.94. The van der Waals surface area contributed by atoms with Crippen LogP contribution in [0.2, 0.25) is 0 Å². The molecule has 9 nitrogen and oxygen atoms in total. The van der Waals surface area contributed by atoms with E-state index in [9.17, 15) is 14.4 Å². The molecule has 0 saturated carbocycles. The molecule has 0 amide bonds. The lowest BCUT2D eigenvalue weighted by Crippen LogP contribution is -2.51. The van der Waals surface area contributed by atoms with E-state index >= 15 is 0 Å². The molecular weight excluding hydrogens is 362 g/mol. The molecule has 146 valence electrons. The lowest BCUT2D eigenvalue weighted by atomic mass is 10.1. The molecule has 0 aromatic carbocycles. The second-order valence-corrected chi connectivity index (χ2v) is 7.13. The molecule has 10 heteroatoms. The highest BCUT2D eigenvalue weighted by atomic mass is 32.2. The van der Waals surface area contributed by atoms with Gasteiger partial charge in [0.15, 0.2) is 11.2 Å². The fourth-order valence-electron chi connectivity index (χ4n) is 2.13. The minimum atomic E-state index is -0.655. The van der Waals surface area contributed by atoms with Crippen molar-refractivity contribution >= 4 is 29.1 Å². The van der Waals surface area contributed by atoms with Gasteiger partial charge in [0.1, 0.15) is 0 Å². The van der Waals surface area contributed by atoms with Gasteiger partial charge in [-0.1, -0.05) is 0 Å². The first-order chi connectivity index (χ1) is 12.1. The monoisotopic (exact) mass is 388 g/mol. The molecule has 0 aliphatic rings. The van der Waals surface area contributed by atoms with Crippen LogP contribution in [0.1, 0.15) is 19.5 Å². The fraction of sp³-hybridized carbons (Fsp3) is 0.625. The summed E-state index contributed by atoms with van der Waals surface area (Å²) in [4.78, 5) is 40.3. The Bertz CT molecular complexity index is 653. The van der Waals surface area contributed by atoms with E-state index in [1.165, 1.54) is 13.3 Å². The first-order valence-electron chi connectivity index (χ1n) is 8.12. The van der Waals surface area contributed by atoms with Crippen LogP contribution in [-0.2, 0) is 25.4 Å². The van der Waals surface area contributed by atoms with Gasteiger partial charge in [0.05, 0.1) is 53.6 Å². The Morgan fingerprint density at radius 3 is 2.31 bits per heavy atom. The summed E-state index contributed by atoms with van der Waals surface area (Å²) in [6.45, 7) is 3.76. The number of carbonyl (C=O) groups excluding carboxylic acids is 3. The van der Waals surface area contributed by atoms with Gasteiger partial charge in [0.2, 0.25) is 0 Å². The number of likely N-dealkylation sites (N-methyl/N-ethyl adjacent to an activating group) is 1. The minimum absolute atomic E-state index is 0.127. The molecule has 1 aromatic heterocycles. The van der Waals surface area contributed by atoms with Gasteiger partial charge in [-0.15, -0.1) is 0 Å². The van der Waals surface area contributed by atoms with E-state index in [-0.39, 0.29) is 30.8 Å². The standard InChI is InChI=1S/C16H26N3O6S/c1-7-24-15(21)18-10-11(17-14(18)26-16(22)25-8-2)9-12(13(20)23-6)19(3,4)5/h10,12H,7-9H2,1-6H3/q+1/t12-/m0/s1. The number of ether oxygens (including phenoxy) is 3. The van der Waals surface area contributed by atoms with E-state index in [1.54, 1.807) is 13.8 Å². The van der Waals surface area contributed by atoms with Gasteiger partial charge in [-0.2, -0.15) is 0 Å². The van der Waals surface area contributed by atoms with Crippen LogP contribution in [0.15, 0.2) is 11.4 Å². The van der Waals surface area contributed by atoms with E-state index in [1.807, 2.05) is 21.1 Å². The number of hydrogen-bond donors (Lipinski definition) is 0. The van der Waals surface area contributed by atoms with Crippen LogP contribution in [0.5, 0.6) is 0 Å². The summed E-state index contributed by atoms with van der Waals surface area (Å²) in [6.07, 6.45) is 1.04. The predicted molar refractivity (Wildman–Crippen MR) is 95.1 cm³/mol. The van der Waals surface area contributed by atoms with Gasteiger partial charge in [0.25, 0.3) is 0 Å². The van der Waals surface area contributed by atoms with Crippen molar-refractivity contribution < 1.29 is 33.1 Å². The molecule has 1 atom stereocenters. The number of methoxy groups -OCH3 is 1. The zero-order valence-electron chi connectivity index (χ0n) is 16.0. The van der Waals surface area contributed by atoms with E-state index in [4.69, 9.17) is 14.2 Å². The maximum Gasteiger partial charge on any atom is 0.420 e. The van der Waals surface area contributed by atoms with Crippen LogP contribution in [0, 0.1) is 0 Å². The van der Waals surface area contributed by atoms with E-state index in [0.29, 0.717) is 21.9 Å². The van der Waals surface area contributed by atoms with Crippen LogP contribution in [0.3, 0.4) is 0 Å². The van der Waals surface area contributed by atoms with Crippen LogP contribution in [0.4, 0.5) is 9.59 Å². The van der Waals surface area contributed by atoms with Crippen molar-refractivity contribution in [3.63, 3.8) is 0 Å². The Morgan fingerprint density at radius 2 is 1.81 bits per heavy atom. The van der Waals surface area contributed by atoms with Crippen LogP contribution in [0.25, 0.3) is 0 Å². The van der Waals surface area contributed by atoms with Crippen molar-refractivity contribution in [2.75, 3.05) is 41.5 Å². The summed E-state index contributed by atoms with van der Waals surface area (Å²) in [5.74, 6) is -0.386. The fourth-order valence-corrected chi connectivity index (χ4v) is 2.85. The number of quaternary nitrogens is 1. The molecule has 0 fully saturated rings. The summed E-state index contributed by atoms with van der Waals surface area (Å²) >= 11 is 0.687. The third-order valence-corrected chi connectivity index (χ3v) is 4.19. The number of carbonyl (C=O) groups is 3. The Balaban J connectivity index is 3.16. The summed E-state index contributed by atoms with van der Waals surface area (Å²) in [5.41, 5.74) is 0.466. The highest BCUT2D eigenvalue weighted by molar-refractivity contribution is 8.13. The molecule has 26 heavy (non-hydrogen) atoms. The van der Waals surface area contributed by atoms with Crippen LogP contribution < -0.4 is 0 Å². The zero-order chi connectivity index (χ0) is 19.9. The Morgan fingerprint density at radius 1 is 1.19 bits per heavy atom. The molecule has 0 spiro atoms. The molecule has 0 saturated heterocycles. The van der Waals surface area contributed by atoms with Gasteiger partial charge in [-0.05, 0) is 13.8 Å². The Kier molecular flexibility index (Phi) is 8.09. The SMILES string of the molecule is CCOC(=O)Sc1nc(C[C@@H](C(=O)OC)[N+](C)(C)C)cn1C(=O)OCC. The zero-order valence-corrected chi connectivity index (χ0v) is 16.8. The number of esters is 1. The number of rotatable bonds is 7. The van der Waals surface area contributed by atoms with Crippen molar-refractivity contribution in [1.29, 1.82) is 0 Å². The molecular formula is C16H26N3O6S+. The van der Waals surface area contributed by atoms with E-state index in [0.717, 1.165) is 4.57 Å². The first kappa shape index (κ1) is 22.0. The number of imidazole rings is 1. The Hall–Kier alpha value is -2.07. The highest BCUT2D eigenvalue weighted by Crippen LogP contribution is 2.22. The molecule has 0 N–H and O–H groups in total. The van der Waals surface area contributed by atoms with Gasteiger partial charge < -0.3 is 18.7 Å². The summed E-state index contributed by atoms with van der Waals surface area (Å²) in [7, 11) is 6.90. The predicted octanol–water partition coefficient (Wildman–Crippen LogP) is 1.93. The third-order valence-electron chi connectivity index (χ3n) is 3.44. The third kappa shape index (κ3) is 6.03. The maximum absolute atomic E-state index is 12.1. The number of nitrogens with zero attached hydrogens (tertiary/aromatic N) is 3. The van der Waals surface area contributed by atoms with Gasteiger partial charge >= 0.3 is 17.4 Å². The van der Waals surface area contributed by atoms with E-state index < -0.39 is 17.4 Å². The van der Waals surface area contributed by atoms with Gasteiger partial charge in [-0.3, -0.25) is 0 Å². The quantitative estimate of drug-likeness (QED) is 0.302. The van der Waals surface area contributed by atoms with Crippen molar-refractivity contribution in [1.82, 2.24) is 9.55 Å². The molecule has 1 rings (SSSR count). The van der Waals surface area contributed by atoms with Crippen molar-refractivity contribution in [2.45, 2.75) is 31.5 Å². The highest BCUT2D eigenvalue weighted by Gasteiger charge is 2.34. The first-order valence-corrected chi connectivity index (χ1v) is 8.94. The number of hydrogen-bond acceptors (Lipinski definition) is 8. The van der Waals surface area contributed by atoms with Crippen LogP contribution >= 0.6 is 11.8 Å². The summed E-state index contributed by atoms with van der Waals surface area (Å²) in [6, 6.07) is -0.522. The molecule has 1 heterocycles. The lowest BCUT2D eigenvalue weighted by molar-refractivity contribution is -0.887. The second kappa shape index (κ2) is 9.58. The molecule has 0 aliphatic carbocycles. The average molecular weight is 388 g/mol. The minimum Gasteiger partial charge on any atom is -0.465 e. The number of aromatic nitrogens is 2. The molecule has 1 aromatic rings. The lowest BCUT2D eigenvalue weighted by Gasteiger charge is -2.31. The molecule has 0 aliphatic heterocycles. The topological polar surface area (TPSA) is 96.7 Å². The molecule has 0 radical (unpaired) electrons. The Labute approximate surface area is 157 Å². The van der Waals surface area contributed by atoms with Crippen molar-refractivity contribution in [3.05, 3.63) is 11.9 Å². The maximum atomic E-state index is 12.1. The second-order valence-electron chi connectivity index (χ2n) is 6.23. The normalized spacial score (nSPS) is 12.4. The molecule has 0 bridgehead atoms. The molecule has 0 unspecified atom stereocenters. The summed E-state index contributed by atoms with van der Waals surface area (Å²) < 4.78 is 16.2. The van der Waals surface area contributed by atoms with Gasteiger partial charge in [0, 0.05) is 18.0 Å². The number of thioether (sulfide) groups is 1.